The zero-order valence-electron chi connectivity index (χ0n) is 9.01. The van der Waals surface area contributed by atoms with Crippen LogP contribution in [-0.4, -0.2) is 6.21 Å². The molecule has 1 N–H and O–H groups in total. The minimum Gasteiger partial charge on any atom is -0.309 e. The van der Waals surface area contributed by atoms with Crippen molar-refractivity contribution >= 4 is 6.21 Å². The van der Waals surface area contributed by atoms with E-state index < -0.39 is 0 Å². The fraction of sp³-hybridized carbons (Fsp3) is 0.417. The molecular formula is C12H21N. The molecule has 0 amide bonds. The van der Waals surface area contributed by atoms with E-state index in [0.717, 1.165) is 12.8 Å². The average molecular weight is 179 g/mol. The Balaban J connectivity index is 0. The molecular weight excluding hydrogens is 158 g/mol. The summed E-state index contributed by atoms with van der Waals surface area (Å²) in [5, 5.41) is 6.79. The van der Waals surface area contributed by atoms with Crippen molar-refractivity contribution in [1.29, 1.82) is 5.41 Å². The molecule has 0 aliphatic carbocycles. The molecule has 0 aromatic carbocycles. The molecule has 74 valence electrons. The van der Waals surface area contributed by atoms with Crippen molar-refractivity contribution < 1.29 is 0 Å². The first-order valence-electron chi connectivity index (χ1n) is 4.57. The van der Waals surface area contributed by atoms with Gasteiger partial charge in [0.15, 0.2) is 0 Å². The van der Waals surface area contributed by atoms with E-state index in [9.17, 15) is 0 Å². The topological polar surface area (TPSA) is 23.9 Å². The van der Waals surface area contributed by atoms with Gasteiger partial charge >= 0.3 is 0 Å². The van der Waals surface area contributed by atoms with E-state index in [1.807, 2.05) is 19.9 Å². The van der Waals surface area contributed by atoms with E-state index in [1.165, 1.54) is 11.8 Å². The van der Waals surface area contributed by atoms with Crippen molar-refractivity contribution in [3.05, 3.63) is 36.5 Å². The van der Waals surface area contributed by atoms with Gasteiger partial charge in [-0.15, -0.1) is 6.58 Å². The number of hydrogen-bond donors (Lipinski definition) is 1. The number of nitrogens with one attached hydrogen (secondary N) is 1. The first kappa shape index (κ1) is 14.4. The van der Waals surface area contributed by atoms with E-state index in [-0.39, 0.29) is 0 Å². The van der Waals surface area contributed by atoms with E-state index in [0.29, 0.717) is 0 Å². The maximum Gasteiger partial charge on any atom is 0.0177 e. The molecule has 1 heteroatoms. The van der Waals surface area contributed by atoms with Gasteiger partial charge in [-0.1, -0.05) is 23.8 Å². The summed E-state index contributed by atoms with van der Waals surface area (Å²) in [5.74, 6) is 0. The minimum atomic E-state index is 1.07. The van der Waals surface area contributed by atoms with Crippen LogP contribution in [0.3, 0.4) is 0 Å². The predicted molar refractivity (Wildman–Crippen MR) is 62.5 cm³/mol. The van der Waals surface area contributed by atoms with Gasteiger partial charge in [-0.25, -0.2) is 0 Å². The fourth-order valence-corrected chi connectivity index (χ4v) is 0.703. The third kappa shape index (κ3) is 18.1. The van der Waals surface area contributed by atoms with E-state index >= 15 is 0 Å². The fourth-order valence-electron chi connectivity index (χ4n) is 0.703. The summed E-state index contributed by atoms with van der Waals surface area (Å²) in [7, 11) is 0. The van der Waals surface area contributed by atoms with Crippen LogP contribution in [0.5, 0.6) is 0 Å². The standard InChI is InChI=1S/C9H15N.C3H6/c1-3-4-5-6-9(2)7-8-10;1-3-2/h3-4,7-8,10H,5-6H2,1-2H3;3H,1H2,2H3/b4-3+,9-7+,10-8?;. The van der Waals surface area contributed by atoms with Crippen LogP contribution in [0.1, 0.15) is 33.6 Å². The predicted octanol–water partition coefficient (Wildman–Crippen LogP) is 4.13. The summed E-state index contributed by atoms with van der Waals surface area (Å²) in [6.45, 7) is 9.32. The summed E-state index contributed by atoms with van der Waals surface area (Å²) in [6.07, 6.45) is 11.3. The summed E-state index contributed by atoms with van der Waals surface area (Å²) >= 11 is 0. The van der Waals surface area contributed by atoms with Crippen LogP contribution in [0.25, 0.3) is 0 Å². The summed E-state index contributed by atoms with van der Waals surface area (Å²) in [5.41, 5.74) is 1.27. The lowest BCUT2D eigenvalue weighted by Gasteiger charge is -1.93. The van der Waals surface area contributed by atoms with Gasteiger partial charge in [0.25, 0.3) is 0 Å². The molecule has 13 heavy (non-hydrogen) atoms. The molecule has 0 radical (unpaired) electrons. The van der Waals surface area contributed by atoms with E-state index in [1.54, 1.807) is 6.08 Å². The second-order valence-corrected chi connectivity index (χ2v) is 2.70. The number of hydrogen-bond acceptors (Lipinski definition) is 1. The molecule has 0 bridgehead atoms. The largest absolute Gasteiger partial charge is 0.309 e. The molecule has 0 fully saturated rings. The smallest absolute Gasteiger partial charge is 0.0177 e. The Labute approximate surface area is 82.4 Å². The van der Waals surface area contributed by atoms with E-state index in [4.69, 9.17) is 5.41 Å². The second-order valence-electron chi connectivity index (χ2n) is 2.70. The molecule has 0 atom stereocenters. The van der Waals surface area contributed by atoms with E-state index in [2.05, 4.69) is 25.7 Å². The molecule has 0 unspecified atom stereocenters. The van der Waals surface area contributed by atoms with Gasteiger partial charge in [0.05, 0.1) is 0 Å². The highest BCUT2D eigenvalue weighted by atomic mass is 14.3. The zero-order valence-corrected chi connectivity index (χ0v) is 9.01. The summed E-state index contributed by atoms with van der Waals surface area (Å²) in [4.78, 5) is 0. The van der Waals surface area contributed by atoms with Crippen molar-refractivity contribution in [2.24, 2.45) is 0 Å². The Hall–Kier alpha value is -1.11. The van der Waals surface area contributed by atoms with Crippen LogP contribution in [0.2, 0.25) is 0 Å². The number of allylic oxidation sites excluding steroid dienone is 5. The molecule has 0 spiro atoms. The van der Waals surface area contributed by atoms with Crippen molar-refractivity contribution in [3.63, 3.8) is 0 Å². The summed E-state index contributed by atoms with van der Waals surface area (Å²) < 4.78 is 0. The Bertz CT molecular complexity index is 176. The van der Waals surface area contributed by atoms with Crippen molar-refractivity contribution in [2.45, 2.75) is 33.6 Å². The molecule has 0 heterocycles. The highest BCUT2D eigenvalue weighted by Crippen LogP contribution is 2.02. The first-order chi connectivity index (χ1) is 6.22. The lowest BCUT2D eigenvalue weighted by molar-refractivity contribution is 0.978. The molecule has 0 aromatic rings. The van der Waals surface area contributed by atoms with Crippen LogP contribution in [0, 0.1) is 5.41 Å². The molecule has 0 aliphatic rings. The monoisotopic (exact) mass is 179 g/mol. The van der Waals surface area contributed by atoms with Gasteiger partial charge in [-0.05, 0) is 39.7 Å². The average Bonchev–Trinajstić information content (AvgIpc) is 2.07. The quantitative estimate of drug-likeness (QED) is 0.495. The minimum absolute atomic E-state index is 1.07. The first-order valence-corrected chi connectivity index (χ1v) is 4.57. The zero-order chi connectivity index (χ0) is 10.5. The van der Waals surface area contributed by atoms with Crippen LogP contribution in [0.4, 0.5) is 0 Å². The van der Waals surface area contributed by atoms with Crippen molar-refractivity contribution in [3.8, 4) is 0 Å². The Morgan fingerprint density at radius 3 is 2.31 bits per heavy atom. The molecule has 0 aliphatic heterocycles. The van der Waals surface area contributed by atoms with Gasteiger partial charge in [-0.3, -0.25) is 0 Å². The van der Waals surface area contributed by atoms with Crippen molar-refractivity contribution in [1.82, 2.24) is 0 Å². The lowest BCUT2D eigenvalue weighted by Crippen LogP contribution is -1.75. The SMILES string of the molecule is C/C=C/CC/C(C)=C/C=N.C=CC. The molecule has 0 rings (SSSR count). The highest BCUT2D eigenvalue weighted by Gasteiger charge is 1.83. The Kier molecular flexibility index (Phi) is 14.9. The lowest BCUT2D eigenvalue weighted by atomic mass is 10.1. The maximum absolute atomic E-state index is 6.79. The van der Waals surface area contributed by atoms with Crippen LogP contribution < -0.4 is 0 Å². The third-order valence-corrected chi connectivity index (χ3v) is 1.31. The van der Waals surface area contributed by atoms with Crippen LogP contribution in [0.15, 0.2) is 36.5 Å². The summed E-state index contributed by atoms with van der Waals surface area (Å²) in [6, 6.07) is 0. The Morgan fingerprint density at radius 2 is 1.92 bits per heavy atom. The van der Waals surface area contributed by atoms with Gasteiger partial charge in [0.2, 0.25) is 0 Å². The van der Waals surface area contributed by atoms with Gasteiger partial charge in [0, 0.05) is 6.21 Å². The van der Waals surface area contributed by atoms with Gasteiger partial charge < -0.3 is 5.41 Å². The molecule has 0 saturated heterocycles. The third-order valence-electron chi connectivity index (χ3n) is 1.31. The van der Waals surface area contributed by atoms with Crippen molar-refractivity contribution in [2.75, 3.05) is 0 Å². The van der Waals surface area contributed by atoms with Crippen LogP contribution >= 0.6 is 0 Å². The van der Waals surface area contributed by atoms with Gasteiger partial charge in [0.1, 0.15) is 0 Å². The second kappa shape index (κ2) is 13.5. The number of rotatable bonds is 4. The van der Waals surface area contributed by atoms with Gasteiger partial charge in [-0.2, -0.15) is 0 Å². The van der Waals surface area contributed by atoms with Crippen LogP contribution in [-0.2, 0) is 0 Å². The normalized spacial score (nSPS) is 10.5. The molecule has 0 aromatic heterocycles. The molecule has 1 nitrogen and oxygen atoms in total. The highest BCUT2D eigenvalue weighted by molar-refractivity contribution is 5.68. The Morgan fingerprint density at radius 1 is 1.38 bits per heavy atom. The molecule has 0 saturated carbocycles. The maximum atomic E-state index is 6.79.